The van der Waals surface area contributed by atoms with E-state index in [1.54, 1.807) is 6.07 Å². The molecule has 0 aromatic heterocycles. The summed E-state index contributed by atoms with van der Waals surface area (Å²) in [6, 6.07) is 14.0. The van der Waals surface area contributed by atoms with E-state index in [1.165, 1.54) is 12.1 Å². The van der Waals surface area contributed by atoms with Crippen molar-refractivity contribution < 1.29 is 9.90 Å². The van der Waals surface area contributed by atoms with E-state index >= 15 is 0 Å². The van der Waals surface area contributed by atoms with Gasteiger partial charge in [0.1, 0.15) is 5.69 Å². The zero-order chi connectivity index (χ0) is 20.2. The molecule has 7 nitrogen and oxygen atoms in total. The second-order valence-corrected chi connectivity index (χ2v) is 7.23. The maximum atomic E-state index is 11.3. The van der Waals surface area contributed by atoms with Gasteiger partial charge in [-0.15, -0.1) is 0 Å². The summed E-state index contributed by atoms with van der Waals surface area (Å²) in [5, 5.41) is 10.1. The van der Waals surface area contributed by atoms with Crippen LogP contribution in [0, 0.1) is 5.41 Å². The minimum absolute atomic E-state index is 0.0441. The molecule has 7 heteroatoms. The van der Waals surface area contributed by atoms with Gasteiger partial charge in [0.25, 0.3) is 5.91 Å². The first kappa shape index (κ1) is 20.0. The molecular formula is C20H25N5O2. The van der Waals surface area contributed by atoms with Gasteiger partial charge in [0.15, 0.2) is 17.4 Å². The van der Waals surface area contributed by atoms with Crippen LogP contribution in [-0.2, 0) is 0 Å². The molecule has 0 radical (unpaired) electrons. The van der Waals surface area contributed by atoms with Crippen LogP contribution in [0.5, 0.6) is 5.75 Å². The van der Waals surface area contributed by atoms with E-state index in [9.17, 15) is 9.90 Å². The first-order valence-electron chi connectivity index (χ1n) is 8.45. The lowest BCUT2D eigenvalue weighted by molar-refractivity contribution is 0.0998. The minimum Gasteiger partial charge on any atom is -0.505 e. The molecule has 0 aliphatic carbocycles. The maximum Gasteiger partial charge on any atom is 0.252 e. The number of carbonyl (C=O) groups excluding carboxylic acids is 1. The van der Waals surface area contributed by atoms with Crippen molar-refractivity contribution >= 4 is 23.3 Å². The number of hydrogen-bond acceptors (Lipinski definition) is 4. The molecule has 2 aromatic carbocycles. The average molecular weight is 367 g/mol. The van der Waals surface area contributed by atoms with Crippen molar-refractivity contribution in [2.24, 2.45) is 32.6 Å². The highest BCUT2D eigenvalue weighted by molar-refractivity contribution is 6.39. The molecule has 7 N–H and O–H groups in total. The van der Waals surface area contributed by atoms with Crippen LogP contribution in [0.3, 0.4) is 0 Å². The summed E-state index contributed by atoms with van der Waals surface area (Å²) >= 11 is 0. The molecule has 2 rings (SSSR count). The summed E-state index contributed by atoms with van der Waals surface area (Å²) in [7, 11) is 0. The van der Waals surface area contributed by atoms with Crippen molar-refractivity contribution in [3.05, 3.63) is 59.7 Å². The molecule has 0 saturated heterocycles. The third-order valence-electron chi connectivity index (χ3n) is 3.99. The summed E-state index contributed by atoms with van der Waals surface area (Å²) in [6.45, 7) is 6.16. The molecule has 0 saturated carbocycles. The molecule has 0 aliphatic heterocycles. The van der Waals surface area contributed by atoms with Crippen LogP contribution < -0.4 is 17.2 Å². The Balaban J connectivity index is 2.43. The van der Waals surface area contributed by atoms with Crippen molar-refractivity contribution in [3.63, 3.8) is 0 Å². The number of nitrogens with zero attached hydrogens (tertiary/aromatic N) is 2. The Bertz CT molecular complexity index is 883. The van der Waals surface area contributed by atoms with Gasteiger partial charge in [-0.25, -0.2) is 4.99 Å². The lowest BCUT2D eigenvalue weighted by Crippen LogP contribution is -2.33. The van der Waals surface area contributed by atoms with Crippen molar-refractivity contribution in [1.29, 1.82) is 0 Å². The van der Waals surface area contributed by atoms with Crippen LogP contribution in [-0.4, -0.2) is 22.7 Å². The minimum atomic E-state index is -0.762. The molecule has 0 bridgehead atoms. The number of carbonyl (C=O) groups is 1. The van der Waals surface area contributed by atoms with Gasteiger partial charge in [-0.05, 0) is 23.1 Å². The fourth-order valence-electron chi connectivity index (χ4n) is 2.62. The lowest BCUT2D eigenvalue weighted by Gasteiger charge is -2.28. The predicted octanol–water partition coefficient (Wildman–Crippen LogP) is 2.62. The van der Waals surface area contributed by atoms with E-state index in [-0.39, 0.29) is 40.1 Å². The maximum absolute atomic E-state index is 11.3. The van der Waals surface area contributed by atoms with Gasteiger partial charge >= 0.3 is 0 Å². The van der Waals surface area contributed by atoms with Gasteiger partial charge in [0.2, 0.25) is 0 Å². The van der Waals surface area contributed by atoms with Crippen molar-refractivity contribution in [3.8, 4) is 5.75 Å². The third kappa shape index (κ3) is 4.84. The van der Waals surface area contributed by atoms with Crippen LogP contribution in [0.1, 0.15) is 42.7 Å². The number of nitrogens with two attached hydrogens (primary N) is 3. The van der Waals surface area contributed by atoms with E-state index in [0.717, 1.165) is 5.56 Å². The molecule has 1 amide bonds. The number of primary amides is 1. The molecule has 0 fully saturated rings. The number of aliphatic imine (C=N–C) groups is 2. The van der Waals surface area contributed by atoms with E-state index in [1.807, 2.05) is 30.3 Å². The zero-order valence-corrected chi connectivity index (χ0v) is 15.7. The number of rotatable bonds is 4. The van der Waals surface area contributed by atoms with Crippen LogP contribution in [0.4, 0.5) is 5.69 Å². The molecule has 142 valence electrons. The quantitative estimate of drug-likeness (QED) is 0.487. The van der Waals surface area contributed by atoms with E-state index in [0.29, 0.717) is 0 Å². The number of aromatic hydroxyl groups is 1. The molecule has 2 aromatic rings. The Kier molecular flexibility index (Phi) is 5.85. The lowest BCUT2D eigenvalue weighted by atomic mass is 9.83. The standard InChI is InChI=1S/C20H25N5O2/c1-20(2,3)16(12-8-5-4-6-9-12)25-18(22)17(21)24-14-11-7-10-13(15(14)26)19(23)27/h4-11,16,26H,1-3H3,(H2,21,24)(H2,22,25)(H2,23,27)/t16-/m0/s1. The average Bonchev–Trinajstić information content (AvgIpc) is 2.60. The summed E-state index contributed by atoms with van der Waals surface area (Å²) in [4.78, 5) is 20.0. The fourth-order valence-corrected chi connectivity index (χ4v) is 2.62. The van der Waals surface area contributed by atoms with E-state index < -0.39 is 5.91 Å². The molecule has 1 atom stereocenters. The van der Waals surface area contributed by atoms with Gasteiger partial charge in [0.05, 0.1) is 11.6 Å². The first-order chi connectivity index (χ1) is 12.6. The normalized spacial score (nSPS) is 14.0. The largest absolute Gasteiger partial charge is 0.505 e. The number of hydrogen-bond donors (Lipinski definition) is 4. The predicted molar refractivity (Wildman–Crippen MR) is 108 cm³/mol. The molecule has 0 spiro atoms. The first-order valence-corrected chi connectivity index (χ1v) is 8.45. The van der Waals surface area contributed by atoms with Gasteiger partial charge < -0.3 is 22.3 Å². The van der Waals surface area contributed by atoms with Crippen LogP contribution in [0.25, 0.3) is 0 Å². The van der Waals surface area contributed by atoms with Crippen molar-refractivity contribution in [2.75, 3.05) is 0 Å². The van der Waals surface area contributed by atoms with Crippen LogP contribution in [0.15, 0.2) is 58.5 Å². The smallest absolute Gasteiger partial charge is 0.252 e. The Morgan fingerprint density at radius 3 is 2.15 bits per heavy atom. The number of amidine groups is 2. The second-order valence-electron chi connectivity index (χ2n) is 7.23. The van der Waals surface area contributed by atoms with E-state index in [2.05, 4.69) is 30.8 Å². The highest BCUT2D eigenvalue weighted by Gasteiger charge is 2.26. The van der Waals surface area contributed by atoms with Crippen LogP contribution in [0.2, 0.25) is 0 Å². The highest BCUT2D eigenvalue weighted by Crippen LogP contribution is 2.36. The fraction of sp³-hybridized carbons (Fsp3) is 0.250. The molecule has 0 heterocycles. The second kappa shape index (κ2) is 7.90. The Labute approximate surface area is 158 Å². The van der Waals surface area contributed by atoms with Gasteiger partial charge in [0, 0.05) is 0 Å². The SMILES string of the molecule is CC(C)(C)[C@@H](N=C(N)C(N)=Nc1cccc(C(N)=O)c1O)c1ccccc1. The number of benzene rings is 2. The number of para-hydroxylation sites is 1. The summed E-state index contributed by atoms with van der Waals surface area (Å²) in [5.41, 5.74) is 18.1. The van der Waals surface area contributed by atoms with Gasteiger partial charge in [-0.2, -0.15) is 0 Å². The Morgan fingerprint density at radius 2 is 1.59 bits per heavy atom. The molecule has 0 unspecified atom stereocenters. The Hall–Kier alpha value is -3.35. The third-order valence-corrected chi connectivity index (χ3v) is 3.99. The topological polar surface area (TPSA) is 140 Å². The van der Waals surface area contributed by atoms with E-state index in [4.69, 9.17) is 17.2 Å². The highest BCUT2D eigenvalue weighted by atomic mass is 16.3. The summed E-state index contributed by atoms with van der Waals surface area (Å²) in [6.07, 6.45) is 0. The van der Waals surface area contributed by atoms with Crippen molar-refractivity contribution in [1.82, 2.24) is 0 Å². The number of phenols is 1. The molecular weight excluding hydrogens is 342 g/mol. The summed E-state index contributed by atoms with van der Waals surface area (Å²) in [5.74, 6) is -1.13. The molecule has 27 heavy (non-hydrogen) atoms. The van der Waals surface area contributed by atoms with Gasteiger partial charge in [-0.1, -0.05) is 57.2 Å². The zero-order valence-electron chi connectivity index (χ0n) is 15.7. The monoisotopic (exact) mass is 367 g/mol. The van der Waals surface area contributed by atoms with Crippen LogP contribution >= 0.6 is 0 Å². The summed E-state index contributed by atoms with van der Waals surface area (Å²) < 4.78 is 0. The van der Waals surface area contributed by atoms with Gasteiger partial charge in [-0.3, -0.25) is 9.79 Å². The number of amides is 1. The van der Waals surface area contributed by atoms with Crippen molar-refractivity contribution in [2.45, 2.75) is 26.8 Å². The Morgan fingerprint density at radius 1 is 0.963 bits per heavy atom. The molecule has 0 aliphatic rings.